The van der Waals surface area contributed by atoms with Crippen molar-refractivity contribution in [1.29, 1.82) is 5.41 Å². The third-order valence-corrected chi connectivity index (χ3v) is 3.85. The fraction of sp³-hybridized carbons (Fsp3) is 0.350. The van der Waals surface area contributed by atoms with Crippen molar-refractivity contribution >= 4 is 5.84 Å². The average Bonchev–Trinajstić information content (AvgIpc) is 2.67. The van der Waals surface area contributed by atoms with Crippen LogP contribution in [0.4, 0.5) is 0 Å². The van der Waals surface area contributed by atoms with Crippen LogP contribution in [0.15, 0.2) is 42.5 Å². The number of para-hydroxylation sites is 1. The summed E-state index contributed by atoms with van der Waals surface area (Å²) in [7, 11) is 3.21. The molecule has 140 valence electrons. The first-order chi connectivity index (χ1) is 12.7. The quantitative estimate of drug-likeness (QED) is 0.364. The predicted molar refractivity (Wildman–Crippen MR) is 102 cm³/mol. The van der Waals surface area contributed by atoms with Crippen LogP contribution in [0.2, 0.25) is 0 Å². The van der Waals surface area contributed by atoms with Gasteiger partial charge in [0.05, 0.1) is 27.4 Å². The Balaban J connectivity index is 1.65. The van der Waals surface area contributed by atoms with Gasteiger partial charge in [-0.1, -0.05) is 6.07 Å². The zero-order chi connectivity index (χ0) is 18.8. The SMILES string of the molecule is COc1cccc(OCCCCCOc2ccc(C(=N)N)cc2)c1OC. The summed E-state index contributed by atoms with van der Waals surface area (Å²) >= 11 is 0. The van der Waals surface area contributed by atoms with Crippen LogP contribution in [0.1, 0.15) is 24.8 Å². The van der Waals surface area contributed by atoms with Gasteiger partial charge in [0.2, 0.25) is 5.75 Å². The lowest BCUT2D eigenvalue weighted by Crippen LogP contribution is -2.10. The Morgan fingerprint density at radius 3 is 2.12 bits per heavy atom. The van der Waals surface area contributed by atoms with Gasteiger partial charge in [0.25, 0.3) is 0 Å². The lowest BCUT2D eigenvalue weighted by Gasteiger charge is -2.13. The summed E-state index contributed by atoms with van der Waals surface area (Å²) in [6.45, 7) is 1.25. The zero-order valence-corrected chi connectivity index (χ0v) is 15.3. The highest BCUT2D eigenvalue weighted by Gasteiger charge is 2.10. The highest BCUT2D eigenvalue weighted by atomic mass is 16.5. The van der Waals surface area contributed by atoms with Crippen LogP contribution in [0.25, 0.3) is 0 Å². The van der Waals surface area contributed by atoms with Crippen molar-refractivity contribution in [2.75, 3.05) is 27.4 Å². The van der Waals surface area contributed by atoms with Gasteiger partial charge in [-0.3, -0.25) is 5.41 Å². The Hall–Kier alpha value is -2.89. The minimum absolute atomic E-state index is 0.0595. The van der Waals surface area contributed by atoms with Gasteiger partial charge in [0.15, 0.2) is 11.5 Å². The lowest BCUT2D eigenvalue weighted by atomic mass is 10.2. The molecule has 0 spiro atoms. The summed E-state index contributed by atoms with van der Waals surface area (Å²) in [6, 6.07) is 12.8. The molecule has 0 fully saturated rings. The van der Waals surface area contributed by atoms with Gasteiger partial charge >= 0.3 is 0 Å². The number of ether oxygens (including phenoxy) is 4. The van der Waals surface area contributed by atoms with Crippen molar-refractivity contribution in [3.05, 3.63) is 48.0 Å². The van der Waals surface area contributed by atoms with Gasteiger partial charge in [-0.15, -0.1) is 0 Å². The third-order valence-electron chi connectivity index (χ3n) is 3.85. The van der Waals surface area contributed by atoms with Crippen molar-refractivity contribution < 1.29 is 18.9 Å². The molecular weight excluding hydrogens is 332 g/mol. The van der Waals surface area contributed by atoms with Crippen LogP contribution >= 0.6 is 0 Å². The number of nitrogens with two attached hydrogens (primary N) is 1. The van der Waals surface area contributed by atoms with Gasteiger partial charge in [-0.05, 0) is 55.7 Å². The first-order valence-electron chi connectivity index (χ1n) is 8.56. The molecule has 0 bridgehead atoms. The van der Waals surface area contributed by atoms with E-state index in [1.54, 1.807) is 26.4 Å². The predicted octanol–water partition coefficient (Wildman–Crippen LogP) is 3.62. The molecule has 0 aliphatic heterocycles. The molecule has 0 saturated carbocycles. The summed E-state index contributed by atoms with van der Waals surface area (Å²) in [4.78, 5) is 0. The van der Waals surface area contributed by atoms with Crippen LogP contribution in [0, 0.1) is 5.41 Å². The van der Waals surface area contributed by atoms with Gasteiger partial charge in [0.1, 0.15) is 11.6 Å². The molecule has 26 heavy (non-hydrogen) atoms. The van der Waals surface area contributed by atoms with Gasteiger partial charge in [-0.2, -0.15) is 0 Å². The number of amidine groups is 1. The summed E-state index contributed by atoms with van der Waals surface area (Å²) in [5.74, 6) is 2.81. The normalized spacial score (nSPS) is 10.2. The maximum Gasteiger partial charge on any atom is 0.203 e. The number of nitrogens with one attached hydrogen (secondary N) is 1. The highest BCUT2D eigenvalue weighted by molar-refractivity contribution is 5.94. The van der Waals surface area contributed by atoms with Crippen molar-refractivity contribution in [1.82, 2.24) is 0 Å². The number of benzene rings is 2. The molecule has 6 nitrogen and oxygen atoms in total. The van der Waals surface area contributed by atoms with E-state index in [0.717, 1.165) is 25.0 Å². The van der Waals surface area contributed by atoms with Crippen LogP contribution in [0.3, 0.4) is 0 Å². The first-order valence-corrected chi connectivity index (χ1v) is 8.56. The minimum atomic E-state index is 0.0595. The minimum Gasteiger partial charge on any atom is -0.494 e. The fourth-order valence-electron chi connectivity index (χ4n) is 2.46. The van der Waals surface area contributed by atoms with Crippen LogP contribution < -0.4 is 24.7 Å². The maximum atomic E-state index is 7.36. The molecule has 6 heteroatoms. The number of rotatable bonds is 11. The molecule has 0 amide bonds. The van der Waals surface area contributed by atoms with E-state index in [1.807, 2.05) is 30.3 Å². The molecule has 0 aliphatic carbocycles. The van der Waals surface area contributed by atoms with E-state index in [0.29, 0.717) is 36.0 Å². The molecule has 2 rings (SSSR count). The Labute approximate surface area is 154 Å². The molecule has 0 heterocycles. The fourth-order valence-corrected chi connectivity index (χ4v) is 2.46. The lowest BCUT2D eigenvalue weighted by molar-refractivity contribution is 0.265. The molecule has 0 radical (unpaired) electrons. The second kappa shape index (κ2) is 10.2. The molecule has 0 unspecified atom stereocenters. The zero-order valence-electron chi connectivity index (χ0n) is 15.3. The Morgan fingerprint density at radius 2 is 1.50 bits per heavy atom. The highest BCUT2D eigenvalue weighted by Crippen LogP contribution is 2.36. The molecule has 0 aliphatic rings. The van der Waals surface area contributed by atoms with Gasteiger partial charge in [-0.25, -0.2) is 0 Å². The number of hydrogen-bond donors (Lipinski definition) is 2. The standard InChI is InChI=1S/C20H26N2O4/c1-23-17-7-6-8-18(19(17)24-2)26-14-5-3-4-13-25-16-11-9-15(10-12-16)20(21)22/h6-12H,3-5,13-14H2,1-2H3,(H3,21,22). The van der Waals surface area contributed by atoms with Crippen LogP contribution in [-0.4, -0.2) is 33.3 Å². The van der Waals surface area contributed by atoms with E-state index in [2.05, 4.69) is 0 Å². The monoisotopic (exact) mass is 358 g/mol. The maximum absolute atomic E-state index is 7.36. The molecule has 3 N–H and O–H groups in total. The molecular formula is C20H26N2O4. The molecule has 2 aromatic rings. The number of unbranched alkanes of at least 4 members (excludes halogenated alkanes) is 2. The smallest absolute Gasteiger partial charge is 0.203 e. The summed E-state index contributed by atoms with van der Waals surface area (Å²) in [6.07, 6.45) is 2.86. The number of hydrogen-bond acceptors (Lipinski definition) is 5. The van der Waals surface area contributed by atoms with Crippen molar-refractivity contribution in [3.63, 3.8) is 0 Å². The molecule has 2 aromatic carbocycles. The molecule has 0 aromatic heterocycles. The van der Waals surface area contributed by atoms with E-state index in [1.165, 1.54) is 0 Å². The second-order valence-corrected chi connectivity index (χ2v) is 5.69. The Bertz CT molecular complexity index is 701. The summed E-state index contributed by atoms with van der Waals surface area (Å²) < 4.78 is 22.1. The largest absolute Gasteiger partial charge is 0.494 e. The molecule has 0 saturated heterocycles. The summed E-state index contributed by atoms with van der Waals surface area (Å²) in [5, 5.41) is 7.36. The Kier molecular flexibility index (Phi) is 7.61. The number of methoxy groups -OCH3 is 2. The third kappa shape index (κ3) is 5.58. The Morgan fingerprint density at radius 1 is 0.846 bits per heavy atom. The van der Waals surface area contributed by atoms with E-state index < -0.39 is 0 Å². The van der Waals surface area contributed by atoms with Crippen LogP contribution in [-0.2, 0) is 0 Å². The van der Waals surface area contributed by atoms with Gasteiger partial charge in [0, 0.05) is 5.56 Å². The van der Waals surface area contributed by atoms with E-state index in [-0.39, 0.29) is 5.84 Å². The molecule has 0 atom stereocenters. The van der Waals surface area contributed by atoms with Crippen molar-refractivity contribution in [2.45, 2.75) is 19.3 Å². The first kappa shape index (κ1) is 19.4. The van der Waals surface area contributed by atoms with Crippen molar-refractivity contribution in [3.8, 4) is 23.0 Å². The van der Waals surface area contributed by atoms with Gasteiger partial charge < -0.3 is 24.7 Å². The topological polar surface area (TPSA) is 86.8 Å². The van der Waals surface area contributed by atoms with E-state index in [9.17, 15) is 0 Å². The van der Waals surface area contributed by atoms with Crippen LogP contribution in [0.5, 0.6) is 23.0 Å². The van der Waals surface area contributed by atoms with Crippen molar-refractivity contribution in [2.24, 2.45) is 5.73 Å². The average molecular weight is 358 g/mol. The van der Waals surface area contributed by atoms with E-state index in [4.69, 9.17) is 30.1 Å². The second-order valence-electron chi connectivity index (χ2n) is 5.69. The summed E-state index contributed by atoms with van der Waals surface area (Å²) in [5.41, 5.74) is 6.12. The number of nitrogen functional groups attached to an aromatic ring is 1. The van der Waals surface area contributed by atoms with E-state index >= 15 is 0 Å².